The molecular formula is C22H22O4. The molecule has 4 nitrogen and oxygen atoms in total. The number of carbonyl (C=O) groups excluding carboxylic acids is 1. The van der Waals surface area contributed by atoms with Gasteiger partial charge in [-0.2, -0.15) is 0 Å². The third-order valence-electron chi connectivity index (χ3n) is 4.30. The van der Waals surface area contributed by atoms with E-state index in [2.05, 4.69) is 13.8 Å². The molecule has 0 aliphatic carbocycles. The second-order valence-corrected chi connectivity index (χ2v) is 6.92. The molecule has 0 amide bonds. The van der Waals surface area contributed by atoms with Crippen molar-refractivity contribution in [3.05, 3.63) is 76.1 Å². The van der Waals surface area contributed by atoms with Gasteiger partial charge < -0.3 is 9.15 Å². The largest absolute Gasteiger partial charge is 0.420 e. The summed E-state index contributed by atoms with van der Waals surface area (Å²) in [6.07, 6.45) is 0.997. The van der Waals surface area contributed by atoms with Crippen LogP contribution in [0, 0.1) is 5.92 Å². The van der Waals surface area contributed by atoms with Crippen LogP contribution in [0.25, 0.3) is 11.0 Å². The lowest BCUT2D eigenvalue weighted by Crippen LogP contribution is -2.19. The van der Waals surface area contributed by atoms with E-state index in [0.717, 1.165) is 12.0 Å². The van der Waals surface area contributed by atoms with Gasteiger partial charge in [-0.15, -0.1) is 0 Å². The van der Waals surface area contributed by atoms with Crippen LogP contribution in [0.15, 0.2) is 63.8 Å². The van der Waals surface area contributed by atoms with Gasteiger partial charge in [-0.25, -0.2) is 4.79 Å². The molecule has 0 spiro atoms. The van der Waals surface area contributed by atoms with E-state index in [1.807, 2.05) is 30.3 Å². The van der Waals surface area contributed by atoms with Crippen LogP contribution < -0.4 is 10.4 Å². The van der Waals surface area contributed by atoms with Gasteiger partial charge in [0.25, 0.3) is 0 Å². The Bertz CT molecular complexity index is 967. The van der Waals surface area contributed by atoms with Crippen LogP contribution in [0.1, 0.15) is 37.8 Å². The zero-order valence-electron chi connectivity index (χ0n) is 15.2. The molecule has 0 aliphatic heterocycles. The van der Waals surface area contributed by atoms with Crippen LogP contribution >= 0.6 is 0 Å². The monoisotopic (exact) mass is 350 g/mol. The lowest BCUT2D eigenvalue weighted by Gasteiger charge is -2.12. The van der Waals surface area contributed by atoms with Crippen molar-refractivity contribution in [3.8, 4) is 5.75 Å². The van der Waals surface area contributed by atoms with Gasteiger partial charge in [-0.3, -0.25) is 4.79 Å². The first-order chi connectivity index (χ1) is 12.4. The van der Waals surface area contributed by atoms with Crippen molar-refractivity contribution in [1.82, 2.24) is 0 Å². The molecule has 0 bridgehead atoms. The summed E-state index contributed by atoms with van der Waals surface area (Å²) in [7, 11) is 0. The molecule has 0 saturated heterocycles. The predicted molar refractivity (Wildman–Crippen MR) is 102 cm³/mol. The van der Waals surface area contributed by atoms with Crippen molar-refractivity contribution >= 4 is 16.9 Å². The van der Waals surface area contributed by atoms with Crippen molar-refractivity contribution < 1.29 is 13.9 Å². The number of fused-ring (bicyclic) bond motifs is 1. The summed E-state index contributed by atoms with van der Waals surface area (Å²) in [4.78, 5) is 24.5. The Morgan fingerprint density at radius 3 is 2.42 bits per heavy atom. The Hall–Kier alpha value is -2.88. The average molecular weight is 350 g/mol. The standard InChI is InChI=1S/C22H22O4/c1-14(2)12-16-8-10-17(11-9-16)15(3)21(23)26-20-13-18-6-4-5-7-19(18)25-22(20)24/h4-11,13-15H,12H2,1-3H3. The van der Waals surface area contributed by atoms with Crippen LogP contribution in [0.5, 0.6) is 5.75 Å². The number of benzene rings is 2. The molecule has 0 N–H and O–H groups in total. The lowest BCUT2D eigenvalue weighted by atomic mass is 9.97. The van der Waals surface area contributed by atoms with E-state index in [1.54, 1.807) is 25.1 Å². The topological polar surface area (TPSA) is 56.5 Å². The molecule has 4 heteroatoms. The van der Waals surface area contributed by atoms with Crippen molar-refractivity contribution in [2.75, 3.05) is 0 Å². The summed E-state index contributed by atoms with van der Waals surface area (Å²) in [6, 6.07) is 16.6. The molecule has 134 valence electrons. The van der Waals surface area contributed by atoms with E-state index in [0.29, 0.717) is 16.9 Å². The molecule has 1 aromatic heterocycles. The number of hydrogen-bond donors (Lipinski definition) is 0. The molecule has 0 radical (unpaired) electrons. The predicted octanol–water partition coefficient (Wildman–Crippen LogP) is 4.70. The van der Waals surface area contributed by atoms with Crippen LogP contribution in [0.4, 0.5) is 0 Å². The Morgan fingerprint density at radius 1 is 1.04 bits per heavy atom. The van der Waals surface area contributed by atoms with Crippen LogP contribution in [-0.4, -0.2) is 5.97 Å². The van der Waals surface area contributed by atoms with Gasteiger partial charge in [0.05, 0.1) is 5.92 Å². The third-order valence-corrected chi connectivity index (χ3v) is 4.30. The van der Waals surface area contributed by atoms with E-state index in [1.165, 1.54) is 11.6 Å². The first-order valence-corrected chi connectivity index (χ1v) is 8.77. The van der Waals surface area contributed by atoms with Crippen LogP contribution in [0.2, 0.25) is 0 Å². The van der Waals surface area contributed by atoms with Gasteiger partial charge in [-0.1, -0.05) is 56.3 Å². The van der Waals surface area contributed by atoms with Gasteiger partial charge in [0, 0.05) is 5.39 Å². The number of hydrogen-bond acceptors (Lipinski definition) is 4. The molecule has 3 rings (SSSR count). The van der Waals surface area contributed by atoms with Crippen LogP contribution in [-0.2, 0) is 11.2 Å². The smallest absolute Gasteiger partial charge is 0.379 e. The second-order valence-electron chi connectivity index (χ2n) is 6.92. The Kier molecular flexibility index (Phi) is 5.21. The number of ether oxygens (including phenoxy) is 1. The van der Waals surface area contributed by atoms with Gasteiger partial charge in [-0.05, 0) is 42.5 Å². The van der Waals surface area contributed by atoms with Crippen LogP contribution in [0.3, 0.4) is 0 Å². The Balaban J connectivity index is 1.77. The first-order valence-electron chi connectivity index (χ1n) is 8.77. The van der Waals surface area contributed by atoms with Gasteiger partial charge in [0.15, 0.2) is 0 Å². The molecule has 26 heavy (non-hydrogen) atoms. The minimum atomic E-state index is -0.656. The third kappa shape index (κ3) is 4.02. The Morgan fingerprint density at radius 2 is 1.73 bits per heavy atom. The number of rotatable bonds is 5. The molecule has 1 atom stereocenters. The fourth-order valence-electron chi connectivity index (χ4n) is 2.86. The Labute approximate surface area is 152 Å². The van der Waals surface area contributed by atoms with Crippen molar-refractivity contribution in [3.63, 3.8) is 0 Å². The van der Waals surface area contributed by atoms with Crippen molar-refractivity contribution in [2.45, 2.75) is 33.1 Å². The first kappa shape index (κ1) is 17.9. The summed E-state index contributed by atoms with van der Waals surface area (Å²) in [5.74, 6) is -0.467. The summed E-state index contributed by atoms with van der Waals surface area (Å²) < 4.78 is 10.5. The minimum Gasteiger partial charge on any atom is -0.420 e. The van der Waals surface area contributed by atoms with E-state index in [9.17, 15) is 9.59 Å². The van der Waals surface area contributed by atoms with Crippen molar-refractivity contribution in [2.24, 2.45) is 5.92 Å². The molecule has 1 unspecified atom stereocenters. The molecule has 0 saturated carbocycles. The number of para-hydroxylation sites is 1. The van der Waals surface area contributed by atoms with E-state index < -0.39 is 17.5 Å². The van der Waals surface area contributed by atoms with Gasteiger partial charge in [0.2, 0.25) is 5.75 Å². The fraction of sp³-hybridized carbons (Fsp3) is 0.273. The maximum Gasteiger partial charge on any atom is 0.379 e. The minimum absolute atomic E-state index is 0.0861. The highest BCUT2D eigenvalue weighted by atomic mass is 16.5. The van der Waals surface area contributed by atoms with E-state index in [-0.39, 0.29) is 5.75 Å². The van der Waals surface area contributed by atoms with Gasteiger partial charge in [0.1, 0.15) is 5.58 Å². The highest BCUT2D eigenvalue weighted by molar-refractivity contribution is 5.82. The normalized spacial score (nSPS) is 12.3. The second kappa shape index (κ2) is 7.56. The van der Waals surface area contributed by atoms with E-state index in [4.69, 9.17) is 9.15 Å². The SMILES string of the molecule is CC(C)Cc1ccc(C(C)C(=O)Oc2cc3ccccc3oc2=O)cc1. The molecule has 0 aliphatic rings. The molecule has 1 heterocycles. The zero-order valence-corrected chi connectivity index (χ0v) is 15.2. The number of carbonyl (C=O) groups is 1. The molecule has 0 fully saturated rings. The highest BCUT2D eigenvalue weighted by Crippen LogP contribution is 2.21. The number of esters is 1. The summed E-state index contributed by atoms with van der Waals surface area (Å²) in [5, 5.41) is 0.709. The maximum absolute atomic E-state index is 12.5. The molecule has 3 aromatic rings. The molecule has 2 aromatic carbocycles. The highest BCUT2D eigenvalue weighted by Gasteiger charge is 2.20. The summed E-state index contributed by atoms with van der Waals surface area (Å²) in [5.41, 5.74) is 1.90. The zero-order chi connectivity index (χ0) is 18.7. The maximum atomic E-state index is 12.5. The summed E-state index contributed by atoms with van der Waals surface area (Å²) >= 11 is 0. The van der Waals surface area contributed by atoms with Gasteiger partial charge >= 0.3 is 11.6 Å². The lowest BCUT2D eigenvalue weighted by molar-refractivity contribution is -0.135. The van der Waals surface area contributed by atoms with Crippen molar-refractivity contribution in [1.29, 1.82) is 0 Å². The summed E-state index contributed by atoms with van der Waals surface area (Å²) in [6.45, 7) is 6.11. The van der Waals surface area contributed by atoms with E-state index >= 15 is 0 Å². The quantitative estimate of drug-likeness (QED) is 0.494. The molecular weight excluding hydrogens is 328 g/mol. The fourth-order valence-corrected chi connectivity index (χ4v) is 2.86. The average Bonchev–Trinajstić information content (AvgIpc) is 2.62.